The molecular weight excluding hydrogens is 242 g/mol. The Bertz CT molecular complexity index is 334. The first-order valence-electron chi connectivity index (χ1n) is 7.24. The van der Waals surface area contributed by atoms with Crippen molar-refractivity contribution in [1.29, 1.82) is 0 Å². The molecule has 3 N–H and O–H groups in total. The van der Waals surface area contributed by atoms with Gasteiger partial charge in [-0.05, 0) is 33.1 Å². The Morgan fingerprint density at radius 2 is 2.00 bits per heavy atom. The fourth-order valence-corrected chi connectivity index (χ4v) is 2.95. The third-order valence-corrected chi connectivity index (χ3v) is 4.31. The predicted octanol–water partition coefficient (Wildman–Crippen LogP) is 2.33. The van der Waals surface area contributed by atoms with Crippen molar-refractivity contribution in [3.63, 3.8) is 0 Å². The highest BCUT2D eigenvalue weighted by Gasteiger charge is 2.42. The van der Waals surface area contributed by atoms with Gasteiger partial charge in [-0.2, -0.15) is 0 Å². The van der Waals surface area contributed by atoms with Gasteiger partial charge in [0.15, 0.2) is 0 Å². The van der Waals surface area contributed by atoms with Crippen molar-refractivity contribution in [3.05, 3.63) is 0 Å². The van der Waals surface area contributed by atoms with E-state index in [4.69, 9.17) is 10.9 Å². The number of carbonyl (C=O) groups excluding carboxylic acids is 1. The van der Waals surface area contributed by atoms with E-state index in [1.807, 2.05) is 18.7 Å². The third-order valence-electron chi connectivity index (χ3n) is 4.31. The molecular formula is C14H27N3O2. The van der Waals surface area contributed by atoms with Gasteiger partial charge in [0.25, 0.3) is 0 Å². The van der Waals surface area contributed by atoms with Crippen LogP contribution >= 0.6 is 0 Å². The molecule has 0 aromatic heterocycles. The van der Waals surface area contributed by atoms with E-state index in [0.717, 1.165) is 32.1 Å². The third kappa shape index (κ3) is 3.61. The second-order valence-electron chi connectivity index (χ2n) is 5.77. The Labute approximate surface area is 115 Å². The van der Waals surface area contributed by atoms with Gasteiger partial charge < -0.3 is 15.8 Å². The second-order valence-corrected chi connectivity index (χ2v) is 5.77. The highest BCUT2D eigenvalue weighted by molar-refractivity contribution is 5.84. The van der Waals surface area contributed by atoms with Gasteiger partial charge in [-0.1, -0.05) is 24.9 Å². The highest BCUT2D eigenvalue weighted by Crippen LogP contribution is 2.42. The summed E-state index contributed by atoms with van der Waals surface area (Å²) < 4.78 is 0. The number of nitrogens with two attached hydrogens (primary N) is 1. The smallest absolute Gasteiger partial charge is 0.229 e. The lowest BCUT2D eigenvalue weighted by Gasteiger charge is -2.36. The van der Waals surface area contributed by atoms with Crippen LogP contribution in [0.3, 0.4) is 0 Å². The van der Waals surface area contributed by atoms with E-state index in [9.17, 15) is 4.79 Å². The molecule has 19 heavy (non-hydrogen) atoms. The molecule has 0 saturated heterocycles. The standard InChI is InChI=1S/C14H27N3O2/c1-4-14(8-5-6-9-14)13(18)17(11(2)3)10-7-12(15)16-19/h11,19H,4-10H2,1-3H3,(H2,15,16). The molecule has 1 saturated carbocycles. The van der Waals surface area contributed by atoms with E-state index in [0.29, 0.717) is 13.0 Å². The zero-order valence-electron chi connectivity index (χ0n) is 12.4. The van der Waals surface area contributed by atoms with E-state index in [2.05, 4.69) is 12.1 Å². The summed E-state index contributed by atoms with van der Waals surface area (Å²) in [6.07, 6.45) is 5.60. The minimum Gasteiger partial charge on any atom is -0.409 e. The summed E-state index contributed by atoms with van der Waals surface area (Å²) in [5.74, 6) is 0.420. The summed E-state index contributed by atoms with van der Waals surface area (Å²) >= 11 is 0. The van der Waals surface area contributed by atoms with E-state index < -0.39 is 0 Å². The maximum Gasteiger partial charge on any atom is 0.229 e. The van der Waals surface area contributed by atoms with Crippen molar-refractivity contribution >= 4 is 11.7 Å². The average Bonchev–Trinajstić information content (AvgIpc) is 2.87. The van der Waals surface area contributed by atoms with Gasteiger partial charge in [-0.25, -0.2) is 0 Å². The highest BCUT2D eigenvalue weighted by atomic mass is 16.4. The van der Waals surface area contributed by atoms with Gasteiger partial charge in [0.05, 0.1) is 0 Å². The molecule has 1 amide bonds. The molecule has 0 heterocycles. The quantitative estimate of drug-likeness (QED) is 0.336. The molecule has 0 atom stereocenters. The van der Waals surface area contributed by atoms with Gasteiger partial charge >= 0.3 is 0 Å². The second kappa shape index (κ2) is 6.78. The Hall–Kier alpha value is -1.26. The van der Waals surface area contributed by atoms with Crippen molar-refractivity contribution in [2.75, 3.05) is 6.54 Å². The number of rotatable bonds is 6. The summed E-state index contributed by atoms with van der Waals surface area (Å²) in [5.41, 5.74) is 5.33. The number of amidine groups is 1. The summed E-state index contributed by atoms with van der Waals surface area (Å²) in [7, 11) is 0. The molecule has 5 nitrogen and oxygen atoms in total. The average molecular weight is 269 g/mol. The lowest BCUT2D eigenvalue weighted by Crippen LogP contribution is -2.47. The van der Waals surface area contributed by atoms with Crippen molar-refractivity contribution in [2.24, 2.45) is 16.3 Å². The van der Waals surface area contributed by atoms with Crippen molar-refractivity contribution < 1.29 is 10.0 Å². The fourth-order valence-electron chi connectivity index (χ4n) is 2.95. The molecule has 0 radical (unpaired) electrons. The monoisotopic (exact) mass is 269 g/mol. The topological polar surface area (TPSA) is 78.9 Å². The van der Waals surface area contributed by atoms with Gasteiger partial charge in [0.1, 0.15) is 5.84 Å². The van der Waals surface area contributed by atoms with Crippen LogP contribution in [-0.4, -0.2) is 34.4 Å². The minimum absolute atomic E-state index is 0.142. The van der Waals surface area contributed by atoms with Crippen LogP contribution in [0.2, 0.25) is 0 Å². The van der Waals surface area contributed by atoms with Crippen LogP contribution in [0.5, 0.6) is 0 Å². The maximum absolute atomic E-state index is 12.8. The maximum atomic E-state index is 12.8. The SMILES string of the molecule is CCC1(C(=O)N(CCC(N)=NO)C(C)C)CCCC1. The fraction of sp³-hybridized carbons (Fsp3) is 0.857. The van der Waals surface area contributed by atoms with Crippen LogP contribution in [0.4, 0.5) is 0 Å². The Kier molecular flexibility index (Phi) is 5.63. The Balaban J connectivity index is 2.77. The number of hydrogen-bond acceptors (Lipinski definition) is 3. The number of carbonyl (C=O) groups is 1. The van der Waals surface area contributed by atoms with Crippen LogP contribution in [0, 0.1) is 5.41 Å². The van der Waals surface area contributed by atoms with E-state index in [1.165, 1.54) is 0 Å². The van der Waals surface area contributed by atoms with E-state index in [1.54, 1.807) is 0 Å². The molecule has 0 unspecified atom stereocenters. The number of amides is 1. The number of nitrogens with zero attached hydrogens (tertiary/aromatic N) is 2. The molecule has 1 aliphatic rings. The lowest BCUT2D eigenvalue weighted by atomic mass is 9.81. The van der Waals surface area contributed by atoms with Crippen LogP contribution in [0.25, 0.3) is 0 Å². The normalized spacial score (nSPS) is 18.8. The molecule has 1 aliphatic carbocycles. The zero-order valence-corrected chi connectivity index (χ0v) is 12.4. The number of oxime groups is 1. The van der Waals surface area contributed by atoms with Gasteiger partial charge in [0.2, 0.25) is 5.91 Å². The summed E-state index contributed by atoms with van der Waals surface area (Å²) in [6, 6.07) is 0.142. The molecule has 0 aliphatic heterocycles. The Morgan fingerprint density at radius 3 is 2.42 bits per heavy atom. The first-order valence-corrected chi connectivity index (χ1v) is 7.24. The van der Waals surface area contributed by atoms with Gasteiger partial charge in [0, 0.05) is 24.4 Å². The lowest BCUT2D eigenvalue weighted by molar-refractivity contribution is -0.143. The van der Waals surface area contributed by atoms with Crippen molar-refractivity contribution in [2.45, 2.75) is 65.3 Å². The first-order chi connectivity index (χ1) is 8.96. The van der Waals surface area contributed by atoms with Crippen molar-refractivity contribution in [3.8, 4) is 0 Å². The van der Waals surface area contributed by atoms with E-state index >= 15 is 0 Å². The van der Waals surface area contributed by atoms with Crippen molar-refractivity contribution in [1.82, 2.24) is 4.90 Å². The summed E-state index contributed by atoms with van der Waals surface area (Å²) in [6.45, 7) is 6.66. The summed E-state index contributed by atoms with van der Waals surface area (Å²) in [5, 5.41) is 11.6. The first kappa shape index (κ1) is 15.8. The van der Waals surface area contributed by atoms with Crippen LogP contribution in [-0.2, 0) is 4.79 Å². The predicted molar refractivity (Wildman–Crippen MR) is 76.1 cm³/mol. The number of hydrogen-bond donors (Lipinski definition) is 2. The molecule has 110 valence electrons. The molecule has 0 aromatic rings. The molecule has 0 bridgehead atoms. The minimum atomic E-state index is -0.171. The zero-order chi connectivity index (χ0) is 14.5. The molecule has 0 spiro atoms. The van der Waals surface area contributed by atoms with E-state index in [-0.39, 0.29) is 23.2 Å². The molecule has 5 heteroatoms. The molecule has 1 rings (SSSR count). The van der Waals surface area contributed by atoms with Gasteiger partial charge in [-0.15, -0.1) is 0 Å². The van der Waals surface area contributed by atoms with Crippen LogP contribution in [0.1, 0.15) is 59.3 Å². The van der Waals surface area contributed by atoms with Crippen LogP contribution in [0.15, 0.2) is 5.16 Å². The largest absolute Gasteiger partial charge is 0.409 e. The summed E-state index contributed by atoms with van der Waals surface area (Å²) in [4.78, 5) is 14.7. The Morgan fingerprint density at radius 1 is 1.42 bits per heavy atom. The molecule has 0 aromatic carbocycles. The molecule has 1 fully saturated rings. The van der Waals surface area contributed by atoms with Gasteiger partial charge in [-0.3, -0.25) is 4.79 Å². The van der Waals surface area contributed by atoms with Crippen LogP contribution < -0.4 is 5.73 Å².